The first-order chi connectivity index (χ1) is 8.03. The predicted octanol–water partition coefficient (Wildman–Crippen LogP) is 1.13. The summed E-state index contributed by atoms with van der Waals surface area (Å²) in [6.45, 7) is 5.14. The first kappa shape index (κ1) is 13.9. The molecule has 0 fully saturated rings. The van der Waals surface area contributed by atoms with E-state index in [2.05, 4.69) is 15.0 Å². The molecule has 1 rings (SSSR count). The van der Waals surface area contributed by atoms with Crippen molar-refractivity contribution in [3.63, 3.8) is 0 Å². The SMILES string of the molecule is CCCNCCS(=O)(=O)Nc1cccc(C)n1. The van der Waals surface area contributed by atoms with Crippen LogP contribution >= 0.6 is 0 Å². The van der Waals surface area contributed by atoms with Crippen molar-refractivity contribution in [1.82, 2.24) is 10.3 Å². The van der Waals surface area contributed by atoms with E-state index in [0.717, 1.165) is 18.7 Å². The van der Waals surface area contributed by atoms with Gasteiger partial charge >= 0.3 is 0 Å². The molecule has 0 bridgehead atoms. The third-order valence-corrected chi connectivity index (χ3v) is 3.38. The zero-order valence-corrected chi connectivity index (χ0v) is 11.0. The van der Waals surface area contributed by atoms with Crippen LogP contribution in [-0.4, -0.2) is 32.2 Å². The summed E-state index contributed by atoms with van der Waals surface area (Å²) in [4.78, 5) is 4.09. The summed E-state index contributed by atoms with van der Waals surface area (Å²) >= 11 is 0. The Morgan fingerprint density at radius 1 is 1.29 bits per heavy atom. The maximum Gasteiger partial charge on any atom is 0.235 e. The van der Waals surface area contributed by atoms with Crippen LogP contribution < -0.4 is 10.0 Å². The van der Waals surface area contributed by atoms with Gasteiger partial charge in [-0.2, -0.15) is 0 Å². The van der Waals surface area contributed by atoms with Crippen LogP contribution in [0, 0.1) is 6.92 Å². The van der Waals surface area contributed by atoms with Crippen LogP contribution in [0.2, 0.25) is 0 Å². The Hall–Kier alpha value is -1.14. The highest BCUT2D eigenvalue weighted by Gasteiger charge is 2.10. The van der Waals surface area contributed by atoms with Gasteiger partial charge in [0.1, 0.15) is 5.82 Å². The summed E-state index contributed by atoms with van der Waals surface area (Å²) in [6.07, 6.45) is 0.993. The van der Waals surface area contributed by atoms with Gasteiger partial charge in [-0.25, -0.2) is 13.4 Å². The lowest BCUT2D eigenvalue weighted by Gasteiger charge is -2.08. The number of hydrogen-bond donors (Lipinski definition) is 2. The highest BCUT2D eigenvalue weighted by Crippen LogP contribution is 2.06. The molecule has 2 N–H and O–H groups in total. The molecule has 0 aliphatic heterocycles. The van der Waals surface area contributed by atoms with Crippen molar-refractivity contribution >= 4 is 15.8 Å². The van der Waals surface area contributed by atoms with E-state index in [-0.39, 0.29) is 5.75 Å². The molecule has 1 aromatic heterocycles. The minimum Gasteiger partial charge on any atom is -0.316 e. The minimum atomic E-state index is -3.31. The molecule has 1 heterocycles. The van der Waals surface area contributed by atoms with Crippen LogP contribution in [0.5, 0.6) is 0 Å². The molecule has 5 nitrogen and oxygen atoms in total. The normalized spacial score (nSPS) is 11.4. The van der Waals surface area contributed by atoms with E-state index in [1.165, 1.54) is 0 Å². The molecular weight excluding hydrogens is 238 g/mol. The third kappa shape index (κ3) is 5.65. The fraction of sp³-hybridized carbons (Fsp3) is 0.545. The minimum absolute atomic E-state index is 0.0582. The van der Waals surface area contributed by atoms with Crippen LogP contribution in [0.25, 0.3) is 0 Å². The number of hydrogen-bond acceptors (Lipinski definition) is 4. The molecule has 6 heteroatoms. The fourth-order valence-corrected chi connectivity index (χ4v) is 2.27. The van der Waals surface area contributed by atoms with Crippen LogP contribution in [-0.2, 0) is 10.0 Å². The highest BCUT2D eigenvalue weighted by molar-refractivity contribution is 7.92. The lowest BCUT2D eigenvalue weighted by Crippen LogP contribution is -2.27. The van der Waals surface area contributed by atoms with Gasteiger partial charge in [0, 0.05) is 12.2 Å². The number of aromatic nitrogens is 1. The topological polar surface area (TPSA) is 71.1 Å². The molecule has 0 atom stereocenters. The van der Waals surface area contributed by atoms with Gasteiger partial charge in [0.15, 0.2) is 0 Å². The largest absolute Gasteiger partial charge is 0.316 e. The van der Waals surface area contributed by atoms with Gasteiger partial charge in [0.2, 0.25) is 10.0 Å². The van der Waals surface area contributed by atoms with E-state index in [1.807, 2.05) is 19.9 Å². The Bertz CT molecular complexity index is 446. The van der Waals surface area contributed by atoms with Crippen molar-refractivity contribution in [2.75, 3.05) is 23.6 Å². The zero-order valence-electron chi connectivity index (χ0n) is 10.2. The number of rotatable bonds is 7. The summed E-state index contributed by atoms with van der Waals surface area (Å²) in [5.41, 5.74) is 0.786. The van der Waals surface area contributed by atoms with Gasteiger partial charge in [-0.3, -0.25) is 4.72 Å². The number of nitrogens with one attached hydrogen (secondary N) is 2. The van der Waals surface area contributed by atoms with Crippen LogP contribution in [0.4, 0.5) is 5.82 Å². The van der Waals surface area contributed by atoms with Gasteiger partial charge in [0.25, 0.3) is 0 Å². The van der Waals surface area contributed by atoms with Gasteiger partial charge < -0.3 is 5.32 Å². The molecule has 0 radical (unpaired) electrons. The number of sulfonamides is 1. The van der Waals surface area contributed by atoms with E-state index < -0.39 is 10.0 Å². The second-order valence-corrected chi connectivity index (χ2v) is 5.68. The number of anilines is 1. The molecule has 96 valence electrons. The predicted molar refractivity (Wildman–Crippen MR) is 69.5 cm³/mol. The molecule has 0 saturated carbocycles. The Labute approximate surface area is 103 Å². The maximum absolute atomic E-state index is 11.7. The number of nitrogens with zero attached hydrogens (tertiary/aromatic N) is 1. The average Bonchev–Trinajstić information content (AvgIpc) is 2.24. The fourth-order valence-electron chi connectivity index (χ4n) is 1.32. The number of pyridine rings is 1. The standard InChI is InChI=1S/C11H19N3O2S/c1-3-7-12-8-9-17(15,16)14-11-6-4-5-10(2)13-11/h4-6,12H,3,7-9H2,1-2H3,(H,13,14). The van der Waals surface area contributed by atoms with Gasteiger partial charge in [-0.05, 0) is 32.0 Å². The summed E-state index contributed by atoms with van der Waals surface area (Å²) in [7, 11) is -3.31. The number of aryl methyl sites for hydroxylation is 1. The van der Waals surface area contributed by atoms with Crippen molar-refractivity contribution in [3.05, 3.63) is 23.9 Å². The van der Waals surface area contributed by atoms with Gasteiger partial charge in [-0.15, -0.1) is 0 Å². The van der Waals surface area contributed by atoms with Gasteiger partial charge in [0.05, 0.1) is 5.75 Å². The second-order valence-electron chi connectivity index (χ2n) is 3.84. The molecule has 0 amide bonds. The van der Waals surface area contributed by atoms with E-state index >= 15 is 0 Å². The first-order valence-electron chi connectivity index (χ1n) is 5.68. The Balaban J connectivity index is 2.49. The summed E-state index contributed by atoms with van der Waals surface area (Å²) in [5, 5.41) is 3.05. The lowest BCUT2D eigenvalue weighted by molar-refractivity contribution is 0.595. The molecule has 0 saturated heterocycles. The molecular formula is C11H19N3O2S. The van der Waals surface area contributed by atoms with Crippen molar-refractivity contribution in [2.24, 2.45) is 0 Å². The molecule has 0 aromatic carbocycles. The summed E-state index contributed by atoms with van der Waals surface area (Å²) < 4.78 is 25.8. The summed E-state index contributed by atoms with van der Waals surface area (Å²) in [6, 6.07) is 5.24. The first-order valence-corrected chi connectivity index (χ1v) is 7.33. The quantitative estimate of drug-likeness (QED) is 0.718. The van der Waals surface area contributed by atoms with E-state index in [9.17, 15) is 8.42 Å². The van der Waals surface area contributed by atoms with E-state index in [0.29, 0.717) is 12.4 Å². The van der Waals surface area contributed by atoms with Crippen LogP contribution in [0.15, 0.2) is 18.2 Å². The van der Waals surface area contributed by atoms with Crippen molar-refractivity contribution in [1.29, 1.82) is 0 Å². The van der Waals surface area contributed by atoms with Crippen LogP contribution in [0.3, 0.4) is 0 Å². The molecule has 0 spiro atoms. The van der Waals surface area contributed by atoms with Crippen molar-refractivity contribution in [3.8, 4) is 0 Å². The Kier molecular flexibility index (Phi) is 5.37. The zero-order chi connectivity index (χ0) is 12.7. The Morgan fingerprint density at radius 2 is 2.06 bits per heavy atom. The van der Waals surface area contributed by atoms with Crippen molar-refractivity contribution < 1.29 is 8.42 Å². The molecule has 0 aliphatic rings. The van der Waals surface area contributed by atoms with Crippen molar-refractivity contribution in [2.45, 2.75) is 20.3 Å². The molecule has 0 unspecified atom stereocenters. The molecule has 0 aliphatic carbocycles. The Morgan fingerprint density at radius 3 is 2.71 bits per heavy atom. The summed E-state index contributed by atoms with van der Waals surface area (Å²) in [5.74, 6) is 0.434. The molecule has 17 heavy (non-hydrogen) atoms. The third-order valence-electron chi connectivity index (χ3n) is 2.12. The smallest absolute Gasteiger partial charge is 0.235 e. The second kappa shape index (κ2) is 6.56. The molecule has 1 aromatic rings. The monoisotopic (exact) mass is 257 g/mol. The van der Waals surface area contributed by atoms with Crippen LogP contribution in [0.1, 0.15) is 19.0 Å². The van der Waals surface area contributed by atoms with Gasteiger partial charge in [-0.1, -0.05) is 13.0 Å². The maximum atomic E-state index is 11.7. The van der Waals surface area contributed by atoms with E-state index in [1.54, 1.807) is 12.1 Å². The average molecular weight is 257 g/mol. The van der Waals surface area contributed by atoms with E-state index in [4.69, 9.17) is 0 Å². The highest BCUT2D eigenvalue weighted by atomic mass is 32.2. The lowest BCUT2D eigenvalue weighted by atomic mass is 10.4.